The van der Waals surface area contributed by atoms with Gasteiger partial charge in [0.2, 0.25) is 5.95 Å². The molecule has 166 valence electrons. The van der Waals surface area contributed by atoms with Gasteiger partial charge in [-0.3, -0.25) is 0 Å². The molecule has 5 nitrogen and oxygen atoms in total. The molecule has 1 aromatic carbocycles. The summed E-state index contributed by atoms with van der Waals surface area (Å²) in [6, 6.07) is 18.1. The average Bonchev–Trinajstić information content (AvgIpc) is 3.50. The average molecular weight is 464 g/mol. The van der Waals surface area contributed by atoms with E-state index < -0.39 is 0 Å². The van der Waals surface area contributed by atoms with Crippen LogP contribution in [-0.4, -0.2) is 36.1 Å². The highest BCUT2D eigenvalue weighted by Crippen LogP contribution is 2.32. The lowest BCUT2D eigenvalue weighted by Crippen LogP contribution is -2.36. The fourth-order valence-corrected chi connectivity index (χ4v) is 6.15. The molecule has 3 heterocycles. The molecule has 32 heavy (non-hydrogen) atoms. The first-order chi connectivity index (χ1) is 15.7. The molecule has 0 atom stereocenters. The molecule has 7 heteroatoms. The van der Waals surface area contributed by atoms with Crippen LogP contribution < -0.4 is 15.5 Å². The maximum absolute atomic E-state index is 4.80. The minimum absolute atomic E-state index is 0.427. The van der Waals surface area contributed by atoms with Gasteiger partial charge < -0.3 is 15.5 Å². The predicted molar refractivity (Wildman–Crippen MR) is 138 cm³/mol. The van der Waals surface area contributed by atoms with Gasteiger partial charge in [0.15, 0.2) is 0 Å². The lowest BCUT2D eigenvalue weighted by molar-refractivity contribution is 0.353. The van der Waals surface area contributed by atoms with Crippen molar-refractivity contribution in [2.24, 2.45) is 0 Å². The first kappa shape index (κ1) is 21.4. The molecule has 1 aliphatic rings. The summed E-state index contributed by atoms with van der Waals surface area (Å²) in [5.74, 6) is 1.70. The Bertz CT molecular complexity index is 1160. The van der Waals surface area contributed by atoms with Crippen LogP contribution in [0.2, 0.25) is 0 Å². The third-order valence-electron chi connectivity index (χ3n) is 6.06. The van der Waals surface area contributed by atoms with E-state index in [1.807, 2.05) is 48.9 Å². The standard InChI is InChI=1S/C25H29N5S2/c1-30(2)24-20-6-3-4-7-21(20)28-25(29-24)27-18-11-9-17(10-12-18)26-16-19-13-14-23(32-19)22-8-5-15-31-22/h3-8,13-15,17-18,26H,9-12,16H2,1-2H3,(H,27,28,29). The van der Waals surface area contributed by atoms with Crippen LogP contribution in [0.25, 0.3) is 20.7 Å². The van der Waals surface area contributed by atoms with Crippen molar-refractivity contribution in [1.29, 1.82) is 0 Å². The molecular formula is C25H29N5S2. The van der Waals surface area contributed by atoms with Crippen molar-refractivity contribution in [2.75, 3.05) is 24.3 Å². The number of anilines is 2. The molecule has 0 unspecified atom stereocenters. The van der Waals surface area contributed by atoms with Gasteiger partial charge in [-0.1, -0.05) is 18.2 Å². The first-order valence-corrected chi connectivity index (χ1v) is 12.9. The summed E-state index contributed by atoms with van der Waals surface area (Å²) in [5, 5.41) is 10.6. The van der Waals surface area contributed by atoms with Gasteiger partial charge in [0.05, 0.1) is 5.52 Å². The zero-order valence-corrected chi connectivity index (χ0v) is 20.2. The number of para-hydroxylation sites is 1. The molecule has 0 radical (unpaired) electrons. The summed E-state index contributed by atoms with van der Waals surface area (Å²) in [6.07, 6.45) is 4.62. The summed E-state index contributed by atoms with van der Waals surface area (Å²) in [5.41, 5.74) is 0.988. The Labute approximate surface area is 197 Å². The normalized spacial score (nSPS) is 18.7. The minimum Gasteiger partial charge on any atom is -0.362 e. The number of fused-ring (bicyclic) bond motifs is 1. The molecule has 0 saturated heterocycles. The number of rotatable bonds is 7. The predicted octanol–water partition coefficient (Wildman–Crippen LogP) is 6.00. The van der Waals surface area contributed by atoms with Gasteiger partial charge in [-0.25, -0.2) is 4.98 Å². The monoisotopic (exact) mass is 463 g/mol. The van der Waals surface area contributed by atoms with Crippen LogP contribution in [0.1, 0.15) is 30.6 Å². The van der Waals surface area contributed by atoms with Crippen LogP contribution in [0.5, 0.6) is 0 Å². The molecule has 4 aromatic rings. The van der Waals surface area contributed by atoms with Gasteiger partial charge in [0, 0.05) is 52.7 Å². The van der Waals surface area contributed by atoms with Crippen LogP contribution in [0.3, 0.4) is 0 Å². The number of hydrogen-bond acceptors (Lipinski definition) is 7. The van der Waals surface area contributed by atoms with Gasteiger partial charge in [-0.2, -0.15) is 4.98 Å². The number of nitrogens with zero attached hydrogens (tertiary/aromatic N) is 3. The Balaban J connectivity index is 1.15. The van der Waals surface area contributed by atoms with Crippen molar-refractivity contribution in [1.82, 2.24) is 15.3 Å². The molecular weight excluding hydrogens is 434 g/mol. The molecule has 2 N–H and O–H groups in total. The Morgan fingerprint density at radius 3 is 2.50 bits per heavy atom. The number of benzene rings is 1. The van der Waals surface area contributed by atoms with E-state index >= 15 is 0 Å². The quantitative estimate of drug-likeness (QED) is 0.352. The number of thiophene rings is 2. The zero-order valence-electron chi connectivity index (χ0n) is 18.5. The highest BCUT2D eigenvalue weighted by Gasteiger charge is 2.22. The van der Waals surface area contributed by atoms with Crippen molar-refractivity contribution in [3.63, 3.8) is 0 Å². The summed E-state index contributed by atoms with van der Waals surface area (Å²) in [7, 11) is 4.07. The maximum Gasteiger partial charge on any atom is 0.225 e. The third kappa shape index (κ3) is 4.80. The largest absolute Gasteiger partial charge is 0.362 e. The van der Waals surface area contributed by atoms with E-state index in [0.29, 0.717) is 12.1 Å². The van der Waals surface area contributed by atoms with Crippen LogP contribution in [0.4, 0.5) is 11.8 Å². The molecule has 0 bridgehead atoms. The minimum atomic E-state index is 0.427. The molecule has 0 aliphatic heterocycles. The fraction of sp³-hybridized carbons (Fsp3) is 0.360. The number of hydrogen-bond donors (Lipinski definition) is 2. The van der Waals surface area contributed by atoms with E-state index in [0.717, 1.165) is 42.1 Å². The van der Waals surface area contributed by atoms with E-state index in [2.05, 4.69) is 57.3 Å². The van der Waals surface area contributed by atoms with E-state index in [-0.39, 0.29) is 0 Å². The van der Waals surface area contributed by atoms with Crippen LogP contribution in [-0.2, 0) is 6.54 Å². The zero-order chi connectivity index (χ0) is 21.9. The molecule has 0 amide bonds. The molecule has 1 saturated carbocycles. The summed E-state index contributed by atoms with van der Waals surface area (Å²) < 4.78 is 0. The van der Waals surface area contributed by atoms with Gasteiger partial charge in [0.25, 0.3) is 0 Å². The first-order valence-electron chi connectivity index (χ1n) is 11.2. The van der Waals surface area contributed by atoms with Gasteiger partial charge in [0.1, 0.15) is 5.82 Å². The van der Waals surface area contributed by atoms with Crippen LogP contribution >= 0.6 is 22.7 Å². The lowest BCUT2D eigenvalue weighted by Gasteiger charge is -2.30. The second kappa shape index (κ2) is 9.57. The third-order valence-corrected chi connectivity index (χ3v) is 8.21. The number of aromatic nitrogens is 2. The van der Waals surface area contributed by atoms with Crippen molar-refractivity contribution >= 4 is 45.3 Å². The second-order valence-electron chi connectivity index (χ2n) is 8.60. The summed E-state index contributed by atoms with van der Waals surface area (Å²) >= 11 is 3.71. The molecule has 3 aromatic heterocycles. The Morgan fingerprint density at radius 2 is 1.72 bits per heavy atom. The van der Waals surface area contributed by atoms with Crippen LogP contribution in [0, 0.1) is 0 Å². The number of nitrogens with one attached hydrogen (secondary N) is 2. The van der Waals surface area contributed by atoms with Crippen molar-refractivity contribution in [3.8, 4) is 9.75 Å². The van der Waals surface area contributed by atoms with E-state index in [9.17, 15) is 0 Å². The Morgan fingerprint density at radius 1 is 0.906 bits per heavy atom. The topological polar surface area (TPSA) is 53.1 Å². The second-order valence-corrected chi connectivity index (χ2v) is 10.7. The van der Waals surface area contributed by atoms with Gasteiger partial charge >= 0.3 is 0 Å². The molecule has 1 fully saturated rings. The summed E-state index contributed by atoms with van der Waals surface area (Å²) in [6.45, 7) is 0.957. The molecule has 1 aliphatic carbocycles. The summed E-state index contributed by atoms with van der Waals surface area (Å²) in [4.78, 5) is 15.8. The van der Waals surface area contributed by atoms with Crippen molar-refractivity contribution in [3.05, 3.63) is 58.8 Å². The Hall–Kier alpha value is -2.48. The highest BCUT2D eigenvalue weighted by atomic mass is 32.1. The van der Waals surface area contributed by atoms with Crippen molar-refractivity contribution < 1.29 is 0 Å². The molecule has 0 spiro atoms. The lowest BCUT2D eigenvalue weighted by atomic mass is 9.91. The molecule has 5 rings (SSSR count). The van der Waals surface area contributed by atoms with Gasteiger partial charge in [-0.05, 0) is 61.4 Å². The van der Waals surface area contributed by atoms with E-state index in [4.69, 9.17) is 9.97 Å². The smallest absolute Gasteiger partial charge is 0.225 e. The SMILES string of the molecule is CN(C)c1nc(NC2CCC(NCc3ccc(-c4cccs4)s3)CC2)nc2ccccc12. The van der Waals surface area contributed by atoms with E-state index in [1.165, 1.54) is 27.5 Å². The fourth-order valence-electron chi connectivity index (χ4n) is 4.36. The van der Waals surface area contributed by atoms with E-state index in [1.54, 1.807) is 0 Å². The van der Waals surface area contributed by atoms with Crippen molar-refractivity contribution in [2.45, 2.75) is 44.3 Å². The maximum atomic E-state index is 4.80. The van der Waals surface area contributed by atoms with Crippen LogP contribution in [0.15, 0.2) is 53.9 Å². The highest BCUT2D eigenvalue weighted by molar-refractivity contribution is 7.21. The van der Waals surface area contributed by atoms with Gasteiger partial charge in [-0.15, -0.1) is 22.7 Å². The Kier molecular flexibility index (Phi) is 6.39.